The van der Waals surface area contributed by atoms with Crippen LogP contribution >= 0.6 is 0 Å². The van der Waals surface area contributed by atoms with E-state index in [0.29, 0.717) is 25.6 Å². The summed E-state index contributed by atoms with van der Waals surface area (Å²) in [6.07, 6.45) is 0. The molecular formula is C11H22N6. The predicted octanol–water partition coefficient (Wildman–Crippen LogP) is 0.00657. The molecule has 0 radical (unpaired) electrons. The molecule has 0 aliphatic carbocycles. The number of hydrogen-bond donors (Lipinski definition) is 2. The highest BCUT2D eigenvalue weighted by Crippen LogP contribution is 2.05. The Morgan fingerprint density at radius 3 is 2.88 bits per heavy atom. The minimum absolute atomic E-state index is 0.543. The van der Waals surface area contributed by atoms with E-state index in [0.717, 1.165) is 24.6 Å². The maximum Gasteiger partial charge on any atom is 0.146 e. The summed E-state index contributed by atoms with van der Waals surface area (Å²) in [5, 5.41) is 8.07. The second-order valence-electron chi connectivity index (χ2n) is 3.95. The summed E-state index contributed by atoms with van der Waals surface area (Å²) in [5.74, 6) is 1.46. The maximum absolute atomic E-state index is 8.07. The number of aliphatic imine (C=N–C) groups is 2. The molecule has 0 aromatic rings. The predicted molar refractivity (Wildman–Crippen MR) is 72.1 cm³/mol. The first-order valence-corrected chi connectivity index (χ1v) is 5.89. The summed E-state index contributed by atoms with van der Waals surface area (Å²) in [6.45, 7) is 7.22. The lowest BCUT2D eigenvalue weighted by Crippen LogP contribution is -2.43. The van der Waals surface area contributed by atoms with Gasteiger partial charge in [0.1, 0.15) is 18.3 Å². The molecule has 3 N–H and O–H groups in total. The van der Waals surface area contributed by atoms with Gasteiger partial charge in [0.25, 0.3) is 0 Å². The molecule has 0 atom stereocenters. The van der Waals surface area contributed by atoms with Gasteiger partial charge >= 0.3 is 0 Å². The van der Waals surface area contributed by atoms with Crippen molar-refractivity contribution in [2.45, 2.75) is 13.8 Å². The van der Waals surface area contributed by atoms with Gasteiger partial charge in [-0.2, -0.15) is 0 Å². The van der Waals surface area contributed by atoms with Crippen LogP contribution in [0.15, 0.2) is 9.98 Å². The zero-order chi connectivity index (χ0) is 12.8. The molecule has 0 aromatic carbocycles. The van der Waals surface area contributed by atoms with Crippen molar-refractivity contribution in [2.24, 2.45) is 15.7 Å². The molecule has 0 saturated carbocycles. The van der Waals surface area contributed by atoms with Crippen LogP contribution in [0.25, 0.3) is 0 Å². The van der Waals surface area contributed by atoms with E-state index in [-0.39, 0.29) is 0 Å². The fraction of sp³-hybridized carbons (Fsp3) is 0.727. The number of likely N-dealkylation sites (N-methyl/N-ethyl adjacent to an activating group) is 1. The third-order valence-electron chi connectivity index (χ3n) is 2.82. The van der Waals surface area contributed by atoms with E-state index >= 15 is 0 Å². The van der Waals surface area contributed by atoms with Crippen LogP contribution in [0.2, 0.25) is 0 Å². The summed E-state index contributed by atoms with van der Waals surface area (Å²) in [7, 11) is 1.76. The molecule has 0 fully saturated rings. The molecule has 6 heteroatoms. The lowest BCUT2D eigenvalue weighted by Gasteiger charge is -2.27. The Hall–Kier alpha value is -1.43. The van der Waals surface area contributed by atoms with Crippen molar-refractivity contribution < 1.29 is 0 Å². The average Bonchev–Trinajstić information content (AvgIpc) is 2.66. The van der Waals surface area contributed by atoms with Crippen molar-refractivity contribution >= 4 is 17.4 Å². The standard InChI is InChI=1S/C11H22N6/c1-4-16(6-5-12)10(13)7-17-8-15-9(2)11(17)14-3/h13H,4-8,12H2,1-3H3. The van der Waals surface area contributed by atoms with Gasteiger partial charge in [0.2, 0.25) is 0 Å². The van der Waals surface area contributed by atoms with Gasteiger partial charge in [-0.15, -0.1) is 0 Å². The fourth-order valence-electron chi connectivity index (χ4n) is 1.91. The van der Waals surface area contributed by atoms with Gasteiger partial charge in [-0.3, -0.25) is 15.4 Å². The number of nitrogens with zero attached hydrogens (tertiary/aromatic N) is 4. The molecule has 96 valence electrons. The van der Waals surface area contributed by atoms with Gasteiger partial charge in [0.15, 0.2) is 0 Å². The number of nitrogens with one attached hydrogen (secondary N) is 1. The molecule has 1 aliphatic rings. The summed E-state index contributed by atoms with van der Waals surface area (Å²) in [6, 6.07) is 0. The molecule has 17 heavy (non-hydrogen) atoms. The Balaban J connectivity index is 2.58. The Labute approximate surface area is 103 Å². The van der Waals surface area contributed by atoms with E-state index < -0.39 is 0 Å². The van der Waals surface area contributed by atoms with Crippen LogP contribution in [-0.4, -0.2) is 67.1 Å². The highest BCUT2D eigenvalue weighted by molar-refractivity contribution is 6.41. The molecule has 0 amide bonds. The van der Waals surface area contributed by atoms with E-state index in [9.17, 15) is 0 Å². The summed E-state index contributed by atoms with van der Waals surface area (Å²) in [5.41, 5.74) is 6.47. The molecule has 0 bridgehead atoms. The lowest BCUT2D eigenvalue weighted by molar-refractivity contribution is 0.411. The molecule has 1 rings (SSSR count). The number of nitrogens with two attached hydrogens (primary N) is 1. The molecule has 0 saturated heterocycles. The second-order valence-corrected chi connectivity index (χ2v) is 3.95. The van der Waals surface area contributed by atoms with Crippen LogP contribution in [0.5, 0.6) is 0 Å². The normalized spacial score (nSPS) is 17.5. The van der Waals surface area contributed by atoms with E-state index in [1.54, 1.807) is 7.05 Å². The van der Waals surface area contributed by atoms with E-state index in [1.807, 2.05) is 23.6 Å². The second kappa shape index (κ2) is 6.34. The van der Waals surface area contributed by atoms with Crippen molar-refractivity contribution in [3.05, 3.63) is 0 Å². The van der Waals surface area contributed by atoms with Crippen LogP contribution < -0.4 is 5.73 Å². The quantitative estimate of drug-likeness (QED) is 0.523. The molecule has 0 spiro atoms. The number of amidine groups is 2. The molecule has 0 unspecified atom stereocenters. The third-order valence-corrected chi connectivity index (χ3v) is 2.82. The highest BCUT2D eigenvalue weighted by atomic mass is 15.3. The van der Waals surface area contributed by atoms with Crippen LogP contribution in [-0.2, 0) is 0 Å². The van der Waals surface area contributed by atoms with Gasteiger partial charge in [0.05, 0.1) is 12.3 Å². The van der Waals surface area contributed by atoms with Gasteiger partial charge in [-0.1, -0.05) is 0 Å². The average molecular weight is 238 g/mol. The Bertz CT molecular complexity index is 333. The Morgan fingerprint density at radius 1 is 1.65 bits per heavy atom. The number of rotatable bonds is 5. The summed E-state index contributed by atoms with van der Waals surface area (Å²) >= 11 is 0. The molecule has 1 aliphatic heterocycles. The van der Waals surface area contributed by atoms with Crippen molar-refractivity contribution in [3.8, 4) is 0 Å². The number of hydrogen-bond acceptors (Lipinski definition) is 4. The molecule has 1 heterocycles. The zero-order valence-corrected chi connectivity index (χ0v) is 10.9. The summed E-state index contributed by atoms with van der Waals surface area (Å²) < 4.78 is 0. The van der Waals surface area contributed by atoms with Crippen molar-refractivity contribution in [1.29, 1.82) is 5.41 Å². The Morgan fingerprint density at radius 2 is 2.35 bits per heavy atom. The first-order valence-electron chi connectivity index (χ1n) is 5.89. The van der Waals surface area contributed by atoms with Crippen LogP contribution in [0.1, 0.15) is 13.8 Å². The van der Waals surface area contributed by atoms with Crippen molar-refractivity contribution in [1.82, 2.24) is 9.80 Å². The maximum atomic E-state index is 8.07. The van der Waals surface area contributed by atoms with Crippen LogP contribution in [0.3, 0.4) is 0 Å². The fourth-order valence-corrected chi connectivity index (χ4v) is 1.91. The van der Waals surface area contributed by atoms with E-state index in [2.05, 4.69) is 9.98 Å². The first-order chi connectivity index (χ1) is 8.13. The van der Waals surface area contributed by atoms with Gasteiger partial charge in [-0.25, -0.2) is 0 Å². The van der Waals surface area contributed by atoms with Crippen molar-refractivity contribution in [2.75, 3.05) is 39.9 Å². The van der Waals surface area contributed by atoms with Gasteiger partial charge < -0.3 is 15.5 Å². The zero-order valence-electron chi connectivity index (χ0n) is 10.9. The smallest absolute Gasteiger partial charge is 0.146 e. The van der Waals surface area contributed by atoms with E-state index in [1.165, 1.54) is 0 Å². The SMILES string of the molecule is CCN(CCN)C(=N)CN1CN=C(C)C1=NC. The van der Waals surface area contributed by atoms with Crippen LogP contribution in [0, 0.1) is 5.41 Å². The Kier molecular flexibility index (Phi) is 5.09. The van der Waals surface area contributed by atoms with E-state index in [4.69, 9.17) is 11.1 Å². The molecular weight excluding hydrogens is 216 g/mol. The molecule has 0 aromatic heterocycles. The minimum Gasteiger partial charge on any atom is -0.358 e. The van der Waals surface area contributed by atoms with Gasteiger partial charge in [0, 0.05) is 26.7 Å². The van der Waals surface area contributed by atoms with Crippen LogP contribution in [0.4, 0.5) is 0 Å². The minimum atomic E-state index is 0.543. The van der Waals surface area contributed by atoms with Gasteiger partial charge in [-0.05, 0) is 13.8 Å². The third kappa shape index (κ3) is 3.26. The topological polar surface area (TPSA) is 81.1 Å². The highest BCUT2D eigenvalue weighted by Gasteiger charge is 2.21. The monoisotopic (exact) mass is 238 g/mol. The summed E-state index contributed by atoms with van der Waals surface area (Å²) in [4.78, 5) is 12.5. The lowest BCUT2D eigenvalue weighted by atomic mass is 10.3. The largest absolute Gasteiger partial charge is 0.358 e. The molecule has 6 nitrogen and oxygen atoms in total. The van der Waals surface area contributed by atoms with Crippen molar-refractivity contribution in [3.63, 3.8) is 0 Å². The first kappa shape index (κ1) is 13.6.